The van der Waals surface area contributed by atoms with Crippen molar-refractivity contribution < 1.29 is 4.39 Å². The van der Waals surface area contributed by atoms with E-state index in [1.165, 1.54) is 31.5 Å². The van der Waals surface area contributed by atoms with Gasteiger partial charge < -0.3 is 5.32 Å². The Kier molecular flexibility index (Phi) is 3.88. The number of halogens is 1. The molecule has 0 aromatic carbocycles. The molecule has 1 fully saturated rings. The van der Waals surface area contributed by atoms with Crippen molar-refractivity contribution in [1.29, 1.82) is 0 Å². The summed E-state index contributed by atoms with van der Waals surface area (Å²) in [5.41, 5.74) is 0.968. The van der Waals surface area contributed by atoms with Gasteiger partial charge in [-0.1, -0.05) is 26.2 Å². The highest BCUT2D eigenvalue weighted by Crippen LogP contribution is 2.34. The van der Waals surface area contributed by atoms with Crippen molar-refractivity contribution in [2.45, 2.75) is 38.6 Å². The maximum Gasteiger partial charge on any atom is 0.141 e. The Balaban J connectivity index is 2.01. The first kappa shape index (κ1) is 11.5. The van der Waals surface area contributed by atoms with Gasteiger partial charge in [-0.25, -0.2) is 4.39 Å². The van der Waals surface area contributed by atoms with Crippen LogP contribution in [-0.2, 0) is 0 Å². The Hall–Kier alpha value is -0.960. The van der Waals surface area contributed by atoms with Crippen molar-refractivity contribution in [3.05, 3.63) is 29.8 Å². The van der Waals surface area contributed by atoms with Crippen molar-refractivity contribution in [2.75, 3.05) is 6.54 Å². The second-order valence-electron chi connectivity index (χ2n) is 4.54. The molecule has 1 aromatic rings. The van der Waals surface area contributed by atoms with Crippen LogP contribution in [0.25, 0.3) is 0 Å². The van der Waals surface area contributed by atoms with Crippen LogP contribution < -0.4 is 5.32 Å². The third-order valence-corrected chi connectivity index (χ3v) is 3.35. The molecule has 1 unspecified atom stereocenters. The Labute approximate surface area is 96.3 Å². The Morgan fingerprint density at radius 2 is 2.31 bits per heavy atom. The molecule has 1 aliphatic rings. The van der Waals surface area contributed by atoms with Crippen LogP contribution in [0.5, 0.6) is 0 Å². The van der Waals surface area contributed by atoms with Gasteiger partial charge >= 0.3 is 0 Å². The number of rotatable bonds is 5. The average molecular weight is 222 g/mol. The maximum atomic E-state index is 12.8. The molecule has 1 saturated carbocycles. The summed E-state index contributed by atoms with van der Waals surface area (Å²) in [7, 11) is 0. The lowest BCUT2D eigenvalue weighted by Crippen LogP contribution is -2.26. The van der Waals surface area contributed by atoms with Gasteiger partial charge in [0.2, 0.25) is 0 Å². The van der Waals surface area contributed by atoms with E-state index in [4.69, 9.17) is 0 Å². The van der Waals surface area contributed by atoms with Crippen LogP contribution in [0.3, 0.4) is 0 Å². The SMILES string of the molecule is CCNC(CC1CCC1)c1ccc(F)cn1. The minimum absolute atomic E-state index is 0.261. The number of nitrogens with zero attached hydrogens (tertiary/aromatic N) is 1. The minimum atomic E-state index is -0.261. The molecule has 1 heterocycles. The molecule has 0 bridgehead atoms. The fraction of sp³-hybridized carbons (Fsp3) is 0.615. The van der Waals surface area contributed by atoms with E-state index in [1.807, 2.05) is 0 Å². The zero-order valence-corrected chi connectivity index (χ0v) is 9.75. The summed E-state index contributed by atoms with van der Waals surface area (Å²) < 4.78 is 12.8. The monoisotopic (exact) mass is 222 g/mol. The smallest absolute Gasteiger partial charge is 0.141 e. The Morgan fingerprint density at radius 1 is 1.50 bits per heavy atom. The van der Waals surface area contributed by atoms with Crippen molar-refractivity contribution >= 4 is 0 Å². The number of nitrogens with one attached hydrogen (secondary N) is 1. The number of aromatic nitrogens is 1. The van der Waals surface area contributed by atoms with Gasteiger partial charge in [0.05, 0.1) is 11.9 Å². The van der Waals surface area contributed by atoms with Crippen LogP contribution in [0.4, 0.5) is 4.39 Å². The summed E-state index contributed by atoms with van der Waals surface area (Å²) in [5, 5.41) is 3.43. The highest BCUT2D eigenvalue weighted by Gasteiger charge is 2.23. The van der Waals surface area contributed by atoms with Gasteiger partial charge in [0.25, 0.3) is 0 Å². The molecule has 0 saturated heterocycles. The maximum absolute atomic E-state index is 12.8. The standard InChI is InChI=1S/C13H19FN2/c1-2-15-13(8-10-4-3-5-10)12-7-6-11(14)9-16-12/h6-7,9-10,13,15H,2-5,8H2,1H3. The van der Waals surface area contributed by atoms with E-state index in [9.17, 15) is 4.39 Å². The van der Waals surface area contributed by atoms with Crippen molar-refractivity contribution in [3.8, 4) is 0 Å². The van der Waals surface area contributed by atoms with E-state index in [0.29, 0.717) is 0 Å². The Morgan fingerprint density at radius 3 is 2.81 bits per heavy atom. The highest BCUT2D eigenvalue weighted by molar-refractivity contribution is 5.10. The molecule has 0 amide bonds. The molecule has 16 heavy (non-hydrogen) atoms. The molecule has 0 radical (unpaired) electrons. The van der Waals surface area contributed by atoms with E-state index in [0.717, 1.165) is 24.6 Å². The topological polar surface area (TPSA) is 24.9 Å². The van der Waals surface area contributed by atoms with Crippen molar-refractivity contribution in [1.82, 2.24) is 10.3 Å². The number of pyridine rings is 1. The van der Waals surface area contributed by atoms with Crippen LogP contribution in [0, 0.1) is 11.7 Å². The lowest BCUT2D eigenvalue weighted by molar-refractivity contribution is 0.260. The zero-order valence-electron chi connectivity index (χ0n) is 9.75. The molecule has 2 nitrogen and oxygen atoms in total. The van der Waals surface area contributed by atoms with E-state index in [2.05, 4.69) is 17.2 Å². The summed E-state index contributed by atoms with van der Waals surface area (Å²) in [4.78, 5) is 4.17. The largest absolute Gasteiger partial charge is 0.309 e. The highest BCUT2D eigenvalue weighted by atomic mass is 19.1. The van der Waals surface area contributed by atoms with Crippen LogP contribution in [0.1, 0.15) is 44.3 Å². The van der Waals surface area contributed by atoms with Gasteiger partial charge in [0.1, 0.15) is 5.82 Å². The first-order valence-corrected chi connectivity index (χ1v) is 6.14. The minimum Gasteiger partial charge on any atom is -0.309 e. The predicted molar refractivity (Wildman–Crippen MR) is 62.6 cm³/mol. The number of hydrogen-bond donors (Lipinski definition) is 1. The van der Waals surface area contributed by atoms with E-state index in [-0.39, 0.29) is 11.9 Å². The van der Waals surface area contributed by atoms with Gasteiger partial charge in [-0.3, -0.25) is 4.98 Å². The van der Waals surface area contributed by atoms with Crippen LogP contribution in [-0.4, -0.2) is 11.5 Å². The molecular weight excluding hydrogens is 203 g/mol. The van der Waals surface area contributed by atoms with Gasteiger partial charge in [-0.2, -0.15) is 0 Å². The summed E-state index contributed by atoms with van der Waals surface area (Å²) >= 11 is 0. The molecule has 1 N–H and O–H groups in total. The Bertz CT molecular complexity index is 319. The molecule has 1 aromatic heterocycles. The van der Waals surface area contributed by atoms with Crippen LogP contribution >= 0.6 is 0 Å². The van der Waals surface area contributed by atoms with Crippen LogP contribution in [0.15, 0.2) is 18.3 Å². The first-order chi connectivity index (χ1) is 7.79. The molecule has 0 spiro atoms. The average Bonchev–Trinajstić information content (AvgIpc) is 2.23. The van der Waals surface area contributed by atoms with Gasteiger partial charge in [0.15, 0.2) is 0 Å². The quantitative estimate of drug-likeness (QED) is 0.828. The lowest BCUT2D eigenvalue weighted by Gasteiger charge is -2.29. The van der Waals surface area contributed by atoms with Gasteiger partial charge in [-0.05, 0) is 31.0 Å². The summed E-state index contributed by atoms with van der Waals surface area (Å²) in [5.74, 6) is 0.568. The van der Waals surface area contributed by atoms with Crippen LogP contribution in [0.2, 0.25) is 0 Å². The molecule has 0 aliphatic heterocycles. The van der Waals surface area contributed by atoms with Gasteiger partial charge in [-0.15, -0.1) is 0 Å². The third kappa shape index (κ3) is 2.79. The molecule has 88 valence electrons. The van der Waals surface area contributed by atoms with Gasteiger partial charge in [0, 0.05) is 6.04 Å². The van der Waals surface area contributed by atoms with E-state index in [1.54, 1.807) is 6.07 Å². The number of hydrogen-bond acceptors (Lipinski definition) is 2. The summed E-state index contributed by atoms with van der Waals surface area (Å²) in [6.45, 7) is 3.02. The molecular formula is C13H19FN2. The fourth-order valence-electron chi connectivity index (χ4n) is 2.21. The summed E-state index contributed by atoms with van der Waals surface area (Å²) in [6.07, 6.45) is 6.47. The summed E-state index contributed by atoms with van der Waals surface area (Å²) in [6, 6.07) is 3.57. The second kappa shape index (κ2) is 5.39. The molecule has 1 atom stereocenters. The van der Waals surface area contributed by atoms with Crippen molar-refractivity contribution in [3.63, 3.8) is 0 Å². The van der Waals surface area contributed by atoms with E-state index < -0.39 is 0 Å². The lowest BCUT2D eigenvalue weighted by atomic mass is 9.80. The first-order valence-electron chi connectivity index (χ1n) is 6.14. The molecule has 3 heteroatoms. The molecule has 1 aliphatic carbocycles. The second-order valence-corrected chi connectivity index (χ2v) is 4.54. The third-order valence-electron chi connectivity index (χ3n) is 3.35. The normalized spacial score (nSPS) is 18.1. The van der Waals surface area contributed by atoms with E-state index >= 15 is 0 Å². The molecule has 2 rings (SSSR count). The fourth-order valence-corrected chi connectivity index (χ4v) is 2.21. The zero-order chi connectivity index (χ0) is 11.4. The van der Waals surface area contributed by atoms with Crippen molar-refractivity contribution in [2.24, 2.45) is 5.92 Å². The predicted octanol–water partition coefficient (Wildman–Crippen LogP) is 3.06.